The molecule has 4 heteroatoms. The largest absolute Gasteiger partial charge is 0.342 e. The van der Waals surface area contributed by atoms with Crippen LogP contribution in [0.5, 0.6) is 0 Å². The van der Waals surface area contributed by atoms with E-state index in [9.17, 15) is 4.79 Å². The van der Waals surface area contributed by atoms with E-state index in [0.717, 1.165) is 50.9 Å². The van der Waals surface area contributed by atoms with Crippen molar-refractivity contribution in [2.75, 3.05) is 26.2 Å². The number of nitrogens with one attached hydrogen (secondary N) is 1. The van der Waals surface area contributed by atoms with E-state index >= 15 is 0 Å². The summed E-state index contributed by atoms with van der Waals surface area (Å²) in [6.07, 6.45) is 7.37. The summed E-state index contributed by atoms with van der Waals surface area (Å²) in [5.41, 5.74) is 0. The molecule has 20 heavy (non-hydrogen) atoms. The Bertz CT molecular complexity index is 282. The number of hydrogen-bond donors (Lipinski definition) is 1. The van der Waals surface area contributed by atoms with Crippen molar-refractivity contribution in [1.82, 2.24) is 10.2 Å². The van der Waals surface area contributed by atoms with E-state index in [-0.39, 0.29) is 18.3 Å². The Kier molecular flexibility index (Phi) is 7.90. The maximum Gasteiger partial charge on any atom is 0.226 e. The van der Waals surface area contributed by atoms with Crippen molar-refractivity contribution in [1.29, 1.82) is 0 Å². The van der Waals surface area contributed by atoms with Gasteiger partial charge in [-0.25, -0.2) is 0 Å². The first kappa shape index (κ1) is 17.8. The Morgan fingerprint density at radius 2 is 1.95 bits per heavy atom. The minimum atomic E-state index is 0. The third-order valence-electron chi connectivity index (χ3n) is 4.72. The number of carbonyl (C=O) groups is 1. The molecule has 1 atom stereocenters. The third kappa shape index (κ3) is 5.25. The van der Waals surface area contributed by atoms with Gasteiger partial charge in [0, 0.05) is 19.6 Å². The topological polar surface area (TPSA) is 32.3 Å². The maximum atomic E-state index is 12.4. The molecule has 0 bridgehead atoms. The maximum absolute atomic E-state index is 12.4. The van der Waals surface area contributed by atoms with Crippen molar-refractivity contribution in [3.8, 4) is 0 Å². The fourth-order valence-corrected chi connectivity index (χ4v) is 3.33. The van der Waals surface area contributed by atoms with Gasteiger partial charge in [0.15, 0.2) is 0 Å². The molecular formula is C16H31ClN2O. The summed E-state index contributed by atoms with van der Waals surface area (Å²) in [5.74, 6) is 2.33. The van der Waals surface area contributed by atoms with E-state index in [1.54, 1.807) is 0 Å². The van der Waals surface area contributed by atoms with Gasteiger partial charge in [0.25, 0.3) is 0 Å². The molecule has 1 N–H and O–H groups in total. The van der Waals surface area contributed by atoms with Gasteiger partial charge in [-0.15, -0.1) is 12.4 Å². The number of nitrogens with zero attached hydrogens (tertiary/aromatic N) is 1. The Morgan fingerprint density at radius 1 is 1.25 bits per heavy atom. The first-order valence-electron chi connectivity index (χ1n) is 8.16. The third-order valence-corrected chi connectivity index (χ3v) is 4.72. The van der Waals surface area contributed by atoms with E-state index in [0.29, 0.717) is 5.91 Å². The van der Waals surface area contributed by atoms with E-state index in [4.69, 9.17) is 0 Å². The van der Waals surface area contributed by atoms with Crippen molar-refractivity contribution in [2.45, 2.75) is 52.4 Å². The van der Waals surface area contributed by atoms with Crippen molar-refractivity contribution in [3.63, 3.8) is 0 Å². The fourth-order valence-electron chi connectivity index (χ4n) is 3.33. The van der Waals surface area contributed by atoms with Crippen LogP contribution in [0.4, 0.5) is 0 Å². The van der Waals surface area contributed by atoms with Crippen LogP contribution in [0.15, 0.2) is 0 Å². The zero-order valence-electron chi connectivity index (χ0n) is 13.1. The van der Waals surface area contributed by atoms with Gasteiger partial charge in [0.2, 0.25) is 5.91 Å². The highest BCUT2D eigenvalue weighted by Crippen LogP contribution is 2.25. The summed E-state index contributed by atoms with van der Waals surface area (Å²) in [5, 5.41) is 3.35. The lowest BCUT2D eigenvalue weighted by Gasteiger charge is -2.35. The zero-order chi connectivity index (χ0) is 13.7. The molecule has 0 aromatic carbocycles. The SMILES string of the molecule is CC(C)CCC1CCN(C(=O)C2CCCNC2)CC1.Cl. The molecule has 1 amide bonds. The van der Waals surface area contributed by atoms with Crippen LogP contribution in [0.3, 0.4) is 0 Å². The average molecular weight is 303 g/mol. The number of likely N-dealkylation sites (tertiary alicyclic amines) is 1. The molecule has 2 rings (SSSR count). The summed E-state index contributed by atoms with van der Waals surface area (Å²) < 4.78 is 0. The highest BCUT2D eigenvalue weighted by atomic mass is 35.5. The molecular weight excluding hydrogens is 272 g/mol. The lowest BCUT2D eigenvalue weighted by molar-refractivity contribution is -0.137. The molecule has 3 nitrogen and oxygen atoms in total. The summed E-state index contributed by atoms with van der Waals surface area (Å²) in [6, 6.07) is 0. The molecule has 1 unspecified atom stereocenters. The van der Waals surface area contributed by atoms with Crippen LogP contribution >= 0.6 is 12.4 Å². The van der Waals surface area contributed by atoms with Crippen LogP contribution in [0, 0.1) is 17.8 Å². The van der Waals surface area contributed by atoms with Gasteiger partial charge >= 0.3 is 0 Å². The smallest absolute Gasteiger partial charge is 0.226 e. The van der Waals surface area contributed by atoms with Crippen LogP contribution in [0.25, 0.3) is 0 Å². The van der Waals surface area contributed by atoms with Crippen molar-refractivity contribution in [2.24, 2.45) is 17.8 Å². The number of piperidine rings is 2. The molecule has 0 radical (unpaired) electrons. The van der Waals surface area contributed by atoms with Gasteiger partial charge in [-0.3, -0.25) is 4.79 Å². The molecule has 2 aliphatic heterocycles. The van der Waals surface area contributed by atoms with Gasteiger partial charge in [0.05, 0.1) is 5.92 Å². The minimum Gasteiger partial charge on any atom is -0.342 e. The summed E-state index contributed by atoms with van der Waals surface area (Å²) in [6.45, 7) is 8.58. The van der Waals surface area contributed by atoms with Crippen molar-refractivity contribution < 1.29 is 4.79 Å². The number of rotatable bonds is 4. The average Bonchev–Trinajstić information content (AvgIpc) is 2.46. The molecule has 0 aliphatic carbocycles. The van der Waals surface area contributed by atoms with E-state index in [1.807, 2.05) is 0 Å². The Hall–Kier alpha value is -0.280. The standard InChI is InChI=1S/C16H30N2O.ClH/c1-13(2)5-6-14-7-10-18(11-8-14)16(19)15-4-3-9-17-12-15;/h13-15,17H,3-12H2,1-2H3;1H. The molecule has 2 aliphatic rings. The van der Waals surface area contributed by atoms with Gasteiger partial charge in [-0.2, -0.15) is 0 Å². The molecule has 2 saturated heterocycles. The quantitative estimate of drug-likeness (QED) is 0.865. The lowest BCUT2D eigenvalue weighted by Crippen LogP contribution is -2.46. The number of hydrogen-bond acceptors (Lipinski definition) is 2. The summed E-state index contributed by atoms with van der Waals surface area (Å²) in [7, 11) is 0. The molecule has 0 spiro atoms. The van der Waals surface area contributed by atoms with Gasteiger partial charge in [-0.05, 0) is 44.1 Å². The van der Waals surface area contributed by atoms with E-state index in [1.165, 1.54) is 25.7 Å². The van der Waals surface area contributed by atoms with Crippen LogP contribution < -0.4 is 5.32 Å². The van der Waals surface area contributed by atoms with Crippen molar-refractivity contribution in [3.05, 3.63) is 0 Å². The number of halogens is 1. The van der Waals surface area contributed by atoms with E-state index in [2.05, 4.69) is 24.1 Å². The fraction of sp³-hybridized carbons (Fsp3) is 0.938. The van der Waals surface area contributed by atoms with Gasteiger partial charge in [-0.1, -0.05) is 26.7 Å². The second kappa shape index (κ2) is 8.89. The van der Waals surface area contributed by atoms with Crippen LogP contribution in [0.2, 0.25) is 0 Å². The van der Waals surface area contributed by atoms with Crippen LogP contribution in [-0.2, 0) is 4.79 Å². The van der Waals surface area contributed by atoms with E-state index < -0.39 is 0 Å². The minimum absolute atomic E-state index is 0. The normalized spacial score (nSPS) is 24.6. The molecule has 2 heterocycles. The van der Waals surface area contributed by atoms with Gasteiger partial charge < -0.3 is 10.2 Å². The van der Waals surface area contributed by atoms with Crippen LogP contribution in [-0.4, -0.2) is 37.0 Å². The number of carbonyl (C=O) groups excluding carboxylic acids is 1. The molecule has 118 valence electrons. The first-order chi connectivity index (χ1) is 9.16. The second-order valence-electron chi connectivity index (χ2n) is 6.78. The highest BCUT2D eigenvalue weighted by Gasteiger charge is 2.28. The molecule has 0 saturated carbocycles. The summed E-state index contributed by atoms with van der Waals surface area (Å²) >= 11 is 0. The lowest BCUT2D eigenvalue weighted by atomic mass is 9.88. The first-order valence-corrected chi connectivity index (χ1v) is 8.16. The van der Waals surface area contributed by atoms with Crippen LogP contribution in [0.1, 0.15) is 52.4 Å². The Morgan fingerprint density at radius 3 is 2.50 bits per heavy atom. The van der Waals surface area contributed by atoms with Crippen molar-refractivity contribution >= 4 is 18.3 Å². The Labute approximate surface area is 130 Å². The molecule has 0 aromatic heterocycles. The second-order valence-corrected chi connectivity index (χ2v) is 6.78. The zero-order valence-corrected chi connectivity index (χ0v) is 13.9. The Balaban J connectivity index is 0.00000200. The highest BCUT2D eigenvalue weighted by molar-refractivity contribution is 5.85. The molecule has 2 fully saturated rings. The molecule has 0 aromatic rings. The van der Waals surface area contributed by atoms with Gasteiger partial charge in [0.1, 0.15) is 0 Å². The monoisotopic (exact) mass is 302 g/mol. The summed E-state index contributed by atoms with van der Waals surface area (Å²) in [4.78, 5) is 14.5. The predicted molar refractivity (Wildman–Crippen MR) is 86.2 cm³/mol. The number of amides is 1. The predicted octanol–water partition coefficient (Wildman–Crippen LogP) is 3.08.